The smallest absolute Gasteiger partial charge is 0.261 e. The zero-order valence-corrected chi connectivity index (χ0v) is 21.7. The van der Waals surface area contributed by atoms with Crippen LogP contribution in [0, 0.1) is 12.8 Å². The van der Waals surface area contributed by atoms with Crippen molar-refractivity contribution in [3.05, 3.63) is 76.6 Å². The summed E-state index contributed by atoms with van der Waals surface area (Å²) in [5.74, 6) is 1.89. The Hall–Kier alpha value is -4.10. The maximum Gasteiger partial charge on any atom is 0.261 e. The molecule has 7 heteroatoms. The molecule has 38 heavy (non-hydrogen) atoms. The normalized spacial score (nSPS) is 20.7. The topological polar surface area (TPSA) is 86.0 Å². The molecular weight excluding hydrogens is 474 g/mol. The molecule has 3 saturated heterocycles. The van der Waals surface area contributed by atoms with Gasteiger partial charge in [0.1, 0.15) is 17.1 Å². The second-order valence-corrected chi connectivity index (χ2v) is 10.6. The lowest BCUT2D eigenvalue weighted by molar-refractivity contribution is 0.0976. The van der Waals surface area contributed by atoms with Crippen molar-refractivity contribution in [1.82, 2.24) is 19.9 Å². The van der Waals surface area contributed by atoms with Crippen LogP contribution in [0.5, 0.6) is 5.75 Å². The highest BCUT2D eigenvalue weighted by atomic mass is 16.5. The third-order valence-corrected chi connectivity index (χ3v) is 8.38. The van der Waals surface area contributed by atoms with Gasteiger partial charge in [0.2, 0.25) is 0 Å². The summed E-state index contributed by atoms with van der Waals surface area (Å²) in [6.07, 6.45) is 2.36. The lowest BCUT2D eigenvalue weighted by atomic mass is 9.83. The molecule has 192 valence electrons. The third-order valence-electron chi connectivity index (χ3n) is 8.38. The average Bonchev–Trinajstić information content (AvgIpc) is 3.37. The van der Waals surface area contributed by atoms with Crippen molar-refractivity contribution in [1.29, 1.82) is 0 Å². The molecule has 0 amide bonds. The molecule has 8 rings (SSSR count). The van der Waals surface area contributed by atoms with Gasteiger partial charge in [-0.1, -0.05) is 36.4 Å². The predicted molar refractivity (Wildman–Crippen MR) is 153 cm³/mol. The molecule has 0 spiro atoms. The second kappa shape index (κ2) is 9.03. The summed E-state index contributed by atoms with van der Waals surface area (Å²) in [6, 6.07) is 20.6. The van der Waals surface area contributed by atoms with Crippen LogP contribution >= 0.6 is 0 Å². The van der Waals surface area contributed by atoms with Crippen molar-refractivity contribution in [3.63, 3.8) is 0 Å². The number of aromatic nitrogens is 3. The minimum absolute atomic E-state index is 0.175. The van der Waals surface area contributed by atoms with Gasteiger partial charge in [-0.3, -0.25) is 4.79 Å². The van der Waals surface area contributed by atoms with E-state index in [-0.39, 0.29) is 11.6 Å². The molecule has 5 heterocycles. The number of nitrogens with one attached hydrogen (secondary N) is 3. The van der Waals surface area contributed by atoms with Gasteiger partial charge in [0.15, 0.2) is 0 Å². The number of nitrogens with zero attached hydrogens (tertiary/aromatic N) is 2. The Morgan fingerprint density at radius 3 is 2.50 bits per heavy atom. The van der Waals surface area contributed by atoms with Crippen LogP contribution in [0.25, 0.3) is 44.5 Å². The number of ether oxygens (including phenoxy) is 1. The summed E-state index contributed by atoms with van der Waals surface area (Å²) < 4.78 is 5.82. The fourth-order valence-corrected chi connectivity index (χ4v) is 6.34. The first-order chi connectivity index (χ1) is 18.6. The number of pyridine rings is 1. The van der Waals surface area contributed by atoms with Crippen molar-refractivity contribution >= 4 is 27.6 Å². The molecule has 5 aromatic rings. The minimum Gasteiger partial charge on any atom is -0.496 e. The molecule has 3 N–H and O–H groups in total. The average molecular weight is 506 g/mol. The lowest BCUT2D eigenvalue weighted by Crippen LogP contribution is -2.53. The molecule has 0 unspecified atom stereocenters. The fraction of sp³-hybridized carbons (Fsp3) is 0.290. The van der Waals surface area contributed by atoms with E-state index >= 15 is 0 Å². The Morgan fingerprint density at radius 1 is 0.974 bits per heavy atom. The van der Waals surface area contributed by atoms with Crippen molar-refractivity contribution < 1.29 is 4.74 Å². The first-order valence-electron chi connectivity index (χ1n) is 13.4. The van der Waals surface area contributed by atoms with Crippen LogP contribution in [-0.2, 0) is 0 Å². The van der Waals surface area contributed by atoms with E-state index in [9.17, 15) is 4.79 Å². The minimum atomic E-state index is -0.175. The van der Waals surface area contributed by atoms with Gasteiger partial charge in [-0.2, -0.15) is 0 Å². The summed E-state index contributed by atoms with van der Waals surface area (Å²) >= 11 is 0. The number of methoxy groups -OCH3 is 1. The number of fused-ring (bicyclic) bond motifs is 5. The molecule has 0 radical (unpaired) electrons. The molecule has 1 atom stereocenters. The molecule has 3 aromatic carbocycles. The second-order valence-electron chi connectivity index (χ2n) is 10.6. The SMILES string of the molecule is COc1cc2[nH]c(=O)c(-c3nc4ccccc4[nH]3)c(N[C@H]3CN4CCC3CC4)c2cc1-c1ccccc1C. The van der Waals surface area contributed by atoms with E-state index < -0.39 is 0 Å². The van der Waals surface area contributed by atoms with Gasteiger partial charge in [-0.05, 0) is 68.1 Å². The third kappa shape index (κ3) is 3.77. The van der Waals surface area contributed by atoms with Crippen molar-refractivity contribution in [2.45, 2.75) is 25.8 Å². The standard InChI is InChI=1S/C31H31N5O2/c1-18-7-3-4-8-20(18)21-15-22-25(16-27(21)38-2)35-31(37)28(30-33-23-9-5-6-10-24(23)34-30)29(22)32-26-17-36-13-11-19(26)12-14-36/h3-10,15-16,19,26H,11-14,17H2,1-2H3,(H,33,34)(H2,32,35,37)/t26-/m0/s1. The number of benzene rings is 3. The van der Waals surface area contributed by atoms with Crippen LogP contribution in [0.4, 0.5) is 5.69 Å². The number of para-hydroxylation sites is 2. The van der Waals surface area contributed by atoms with Crippen molar-refractivity contribution in [2.24, 2.45) is 5.92 Å². The Labute approximate surface area is 220 Å². The van der Waals surface area contributed by atoms with Crippen molar-refractivity contribution in [2.75, 3.05) is 32.1 Å². The molecule has 3 aliphatic rings. The Morgan fingerprint density at radius 2 is 1.76 bits per heavy atom. The molecule has 7 nitrogen and oxygen atoms in total. The lowest BCUT2D eigenvalue weighted by Gasteiger charge is -2.45. The predicted octanol–water partition coefficient (Wildman–Crippen LogP) is 5.56. The maximum absolute atomic E-state index is 13.7. The van der Waals surface area contributed by atoms with E-state index in [1.165, 1.54) is 18.4 Å². The summed E-state index contributed by atoms with van der Waals surface area (Å²) in [7, 11) is 1.68. The number of hydrogen-bond donors (Lipinski definition) is 3. The van der Waals surface area contributed by atoms with E-state index in [1.54, 1.807) is 7.11 Å². The Bertz CT molecular complexity index is 1700. The van der Waals surface area contributed by atoms with E-state index in [0.29, 0.717) is 17.3 Å². The number of imidazole rings is 1. The van der Waals surface area contributed by atoms with Crippen molar-refractivity contribution in [3.8, 4) is 28.3 Å². The highest BCUT2D eigenvalue weighted by Crippen LogP contribution is 2.41. The highest BCUT2D eigenvalue weighted by molar-refractivity contribution is 6.02. The van der Waals surface area contributed by atoms with Gasteiger partial charge >= 0.3 is 0 Å². The zero-order chi connectivity index (χ0) is 25.8. The molecule has 3 aliphatic heterocycles. The molecular formula is C31H31N5O2. The number of H-pyrrole nitrogens is 2. The number of aromatic amines is 2. The van der Waals surface area contributed by atoms with Gasteiger partial charge in [0.25, 0.3) is 5.56 Å². The van der Waals surface area contributed by atoms with Crippen LogP contribution in [0.1, 0.15) is 18.4 Å². The van der Waals surface area contributed by atoms with Gasteiger partial charge < -0.3 is 24.9 Å². The number of aryl methyl sites for hydroxylation is 1. The van der Waals surface area contributed by atoms with Crippen LogP contribution in [0.3, 0.4) is 0 Å². The summed E-state index contributed by atoms with van der Waals surface area (Å²) in [5.41, 5.74) is 6.97. The van der Waals surface area contributed by atoms with E-state index in [0.717, 1.165) is 64.1 Å². The van der Waals surface area contributed by atoms with Gasteiger partial charge in [-0.25, -0.2) is 4.98 Å². The van der Waals surface area contributed by atoms with Gasteiger partial charge in [0, 0.05) is 29.6 Å². The maximum atomic E-state index is 13.7. The fourth-order valence-electron chi connectivity index (χ4n) is 6.34. The largest absolute Gasteiger partial charge is 0.496 e. The number of rotatable bonds is 5. The van der Waals surface area contributed by atoms with E-state index in [1.807, 2.05) is 42.5 Å². The van der Waals surface area contributed by atoms with Crippen LogP contribution in [0.15, 0.2) is 65.5 Å². The van der Waals surface area contributed by atoms with Crippen LogP contribution < -0.4 is 15.6 Å². The zero-order valence-electron chi connectivity index (χ0n) is 21.7. The number of piperidine rings is 3. The van der Waals surface area contributed by atoms with Crippen LogP contribution in [0.2, 0.25) is 0 Å². The van der Waals surface area contributed by atoms with E-state index in [2.05, 4.69) is 45.3 Å². The summed E-state index contributed by atoms with van der Waals surface area (Å²) in [4.78, 5) is 27.6. The molecule has 0 saturated carbocycles. The summed E-state index contributed by atoms with van der Waals surface area (Å²) in [6.45, 7) is 5.41. The molecule has 0 aliphatic carbocycles. The number of anilines is 1. The van der Waals surface area contributed by atoms with Gasteiger partial charge in [0.05, 0.1) is 29.3 Å². The molecule has 2 aromatic heterocycles. The monoisotopic (exact) mass is 505 g/mol. The first kappa shape index (κ1) is 23.0. The molecule has 2 bridgehead atoms. The van der Waals surface area contributed by atoms with Gasteiger partial charge in [-0.15, -0.1) is 0 Å². The Balaban J connectivity index is 1.49. The quantitative estimate of drug-likeness (QED) is 0.291. The van der Waals surface area contributed by atoms with E-state index in [4.69, 9.17) is 9.72 Å². The highest BCUT2D eigenvalue weighted by Gasteiger charge is 2.35. The number of hydrogen-bond acceptors (Lipinski definition) is 5. The van der Waals surface area contributed by atoms with Crippen LogP contribution in [-0.4, -0.2) is 52.6 Å². The summed E-state index contributed by atoms with van der Waals surface area (Å²) in [5, 5.41) is 4.83. The Kier molecular flexibility index (Phi) is 5.48. The first-order valence-corrected chi connectivity index (χ1v) is 13.4. The molecule has 3 fully saturated rings.